The number of phenols is 1. The van der Waals surface area contributed by atoms with Crippen LogP contribution < -0.4 is 10.2 Å². The van der Waals surface area contributed by atoms with Crippen LogP contribution in [0.1, 0.15) is 52.2 Å². The van der Waals surface area contributed by atoms with E-state index in [-0.39, 0.29) is 29.1 Å². The minimum absolute atomic E-state index is 0.0666. The van der Waals surface area contributed by atoms with Crippen molar-refractivity contribution >= 4 is 12.1 Å². The first-order chi connectivity index (χ1) is 13.0. The van der Waals surface area contributed by atoms with E-state index in [1.54, 1.807) is 24.3 Å². The van der Waals surface area contributed by atoms with E-state index >= 15 is 0 Å². The number of benzene rings is 2. The highest BCUT2D eigenvalue weighted by Crippen LogP contribution is 2.36. The summed E-state index contributed by atoms with van der Waals surface area (Å²) in [4.78, 5) is 11.9. The summed E-state index contributed by atoms with van der Waals surface area (Å²) in [5, 5.41) is 13.1. The summed E-state index contributed by atoms with van der Waals surface area (Å²) < 4.78 is 5.54. The van der Waals surface area contributed by atoms with Crippen molar-refractivity contribution in [3.8, 4) is 11.5 Å². The fourth-order valence-corrected chi connectivity index (χ4v) is 3.35. The van der Waals surface area contributed by atoms with Crippen molar-refractivity contribution in [1.82, 2.24) is 5.43 Å². The number of amides is 1. The second-order valence-electron chi connectivity index (χ2n) is 8.82. The quantitative estimate of drug-likeness (QED) is 0.541. The van der Waals surface area contributed by atoms with Gasteiger partial charge in [0.2, 0.25) is 0 Å². The van der Waals surface area contributed by atoms with Crippen LogP contribution in [0.5, 0.6) is 11.5 Å². The first kappa shape index (κ1) is 21.5. The van der Waals surface area contributed by atoms with E-state index in [4.69, 9.17) is 4.74 Å². The number of ether oxygens (including phenoxy) is 1. The monoisotopic (exact) mass is 382 g/mol. The summed E-state index contributed by atoms with van der Waals surface area (Å²) in [7, 11) is 0. The first-order valence-corrected chi connectivity index (χ1v) is 9.39. The predicted molar refractivity (Wildman–Crippen MR) is 113 cm³/mol. The first-order valence-electron chi connectivity index (χ1n) is 9.39. The van der Waals surface area contributed by atoms with E-state index in [2.05, 4.69) is 57.3 Å². The summed E-state index contributed by atoms with van der Waals surface area (Å²) in [6.07, 6.45) is 2.57. The van der Waals surface area contributed by atoms with Crippen molar-refractivity contribution in [2.75, 3.05) is 6.61 Å². The molecule has 1 amide bonds. The molecular weight excluding hydrogens is 352 g/mol. The Labute approximate surface area is 167 Å². The maximum absolute atomic E-state index is 11.9. The van der Waals surface area contributed by atoms with Crippen molar-refractivity contribution in [3.63, 3.8) is 0 Å². The Bertz CT molecular complexity index is 801. The smallest absolute Gasteiger partial charge is 0.277 e. The van der Waals surface area contributed by atoms with Gasteiger partial charge in [0.05, 0.1) is 6.21 Å². The number of hydrazone groups is 1. The molecule has 0 saturated heterocycles. The number of hydrogen-bond acceptors (Lipinski definition) is 4. The largest absolute Gasteiger partial charge is 0.508 e. The molecule has 2 N–H and O–H groups in total. The zero-order valence-electron chi connectivity index (χ0n) is 17.3. The van der Waals surface area contributed by atoms with Gasteiger partial charge in [-0.2, -0.15) is 5.10 Å². The molecule has 0 heterocycles. The van der Waals surface area contributed by atoms with Crippen molar-refractivity contribution in [1.29, 1.82) is 0 Å². The van der Waals surface area contributed by atoms with Crippen LogP contribution >= 0.6 is 0 Å². The molecule has 0 aromatic heterocycles. The number of rotatable bonds is 7. The summed E-state index contributed by atoms with van der Waals surface area (Å²) in [5.41, 5.74) is 4.75. The van der Waals surface area contributed by atoms with Gasteiger partial charge in [-0.25, -0.2) is 5.43 Å². The fourth-order valence-electron chi connectivity index (χ4n) is 3.35. The van der Waals surface area contributed by atoms with E-state index in [9.17, 15) is 9.90 Å². The molecule has 0 aliphatic heterocycles. The zero-order chi connectivity index (χ0) is 20.8. The molecule has 0 spiro atoms. The Morgan fingerprint density at radius 1 is 1.04 bits per heavy atom. The summed E-state index contributed by atoms with van der Waals surface area (Å²) in [5.74, 6) is 0.488. The third kappa shape index (κ3) is 7.06. The molecule has 150 valence electrons. The van der Waals surface area contributed by atoms with E-state index in [1.165, 1.54) is 11.8 Å². The number of hydrogen-bond donors (Lipinski definition) is 2. The highest BCUT2D eigenvalue weighted by molar-refractivity contribution is 5.83. The maximum Gasteiger partial charge on any atom is 0.277 e. The standard InChI is InChI=1S/C23H30N2O3/c1-22(2,3)16-23(4,5)18-8-12-20(13-9-18)28-15-21(27)25-24-14-17-6-10-19(26)11-7-17/h6-14,26H,15-16H2,1-5H3,(H,25,27)/b24-14-. The van der Waals surface area contributed by atoms with Crippen molar-refractivity contribution in [2.24, 2.45) is 10.5 Å². The lowest BCUT2D eigenvalue weighted by Crippen LogP contribution is -2.25. The van der Waals surface area contributed by atoms with Gasteiger partial charge in [0, 0.05) is 0 Å². The minimum atomic E-state index is -0.341. The Morgan fingerprint density at radius 3 is 2.21 bits per heavy atom. The van der Waals surface area contributed by atoms with Crippen LogP contribution in [-0.2, 0) is 10.2 Å². The van der Waals surface area contributed by atoms with Gasteiger partial charge in [0.15, 0.2) is 6.61 Å². The number of aromatic hydroxyl groups is 1. The molecule has 2 rings (SSSR count). The van der Waals surface area contributed by atoms with Crippen LogP contribution in [0.25, 0.3) is 0 Å². The average molecular weight is 383 g/mol. The van der Waals surface area contributed by atoms with Gasteiger partial charge in [0.25, 0.3) is 5.91 Å². The molecule has 2 aromatic carbocycles. The van der Waals surface area contributed by atoms with Gasteiger partial charge in [-0.1, -0.05) is 46.8 Å². The number of carbonyl (C=O) groups is 1. The molecule has 0 unspecified atom stereocenters. The molecule has 2 aromatic rings. The second kappa shape index (κ2) is 8.91. The Morgan fingerprint density at radius 2 is 1.64 bits per heavy atom. The number of carbonyl (C=O) groups excluding carboxylic acids is 1. The van der Waals surface area contributed by atoms with Gasteiger partial charge >= 0.3 is 0 Å². The molecule has 5 heteroatoms. The molecule has 0 radical (unpaired) electrons. The van der Waals surface area contributed by atoms with Crippen LogP contribution in [0, 0.1) is 5.41 Å². The molecule has 0 fully saturated rings. The lowest BCUT2D eigenvalue weighted by Gasteiger charge is -2.33. The van der Waals surface area contributed by atoms with E-state index in [0.717, 1.165) is 12.0 Å². The second-order valence-corrected chi connectivity index (χ2v) is 8.82. The Balaban J connectivity index is 1.84. The Hall–Kier alpha value is -2.82. The number of phenolic OH excluding ortho intramolecular Hbond substituents is 1. The van der Waals surface area contributed by atoms with Crippen molar-refractivity contribution in [2.45, 2.75) is 46.5 Å². The van der Waals surface area contributed by atoms with Gasteiger partial charge < -0.3 is 9.84 Å². The molecular formula is C23H30N2O3. The van der Waals surface area contributed by atoms with Crippen LogP contribution in [-0.4, -0.2) is 23.8 Å². The van der Waals surface area contributed by atoms with Crippen LogP contribution in [0.2, 0.25) is 0 Å². The van der Waals surface area contributed by atoms with Crippen LogP contribution in [0.4, 0.5) is 0 Å². The van der Waals surface area contributed by atoms with Gasteiger partial charge in [-0.05, 0) is 64.8 Å². The molecule has 0 aliphatic carbocycles. The van der Waals surface area contributed by atoms with Crippen molar-refractivity contribution < 1.29 is 14.6 Å². The van der Waals surface area contributed by atoms with Gasteiger partial charge in [0.1, 0.15) is 11.5 Å². The lowest BCUT2D eigenvalue weighted by molar-refractivity contribution is -0.123. The van der Waals surface area contributed by atoms with Crippen LogP contribution in [0.3, 0.4) is 0 Å². The van der Waals surface area contributed by atoms with E-state index < -0.39 is 0 Å². The molecule has 0 atom stereocenters. The van der Waals surface area contributed by atoms with E-state index in [0.29, 0.717) is 5.75 Å². The molecule has 0 saturated carbocycles. The number of nitrogens with zero attached hydrogens (tertiary/aromatic N) is 1. The highest BCUT2D eigenvalue weighted by atomic mass is 16.5. The molecule has 0 aliphatic rings. The minimum Gasteiger partial charge on any atom is -0.508 e. The molecule has 28 heavy (non-hydrogen) atoms. The Kier molecular flexibility index (Phi) is 6.84. The number of nitrogens with one attached hydrogen (secondary N) is 1. The van der Waals surface area contributed by atoms with Crippen LogP contribution in [0.15, 0.2) is 53.6 Å². The summed E-state index contributed by atoms with van der Waals surface area (Å²) in [6.45, 7) is 11.1. The predicted octanol–water partition coefficient (Wildman–Crippen LogP) is 4.64. The topological polar surface area (TPSA) is 70.9 Å². The normalized spacial score (nSPS) is 12.2. The lowest BCUT2D eigenvalue weighted by atomic mass is 9.72. The summed E-state index contributed by atoms with van der Waals surface area (Å²) in [6, 6.07) is 14.4. The third-order valence-corrected chi connectivity index (χ3v) is 4.27. The SMILES string of the molecule is CC(C)(C)CC(C)(C)c1ccc(OCC(=O)N/N=C\c2ccc(O)cc2)cc1. The third-order valence-electron chi connectivity index (χ3n) is 4.27. The average Bonchev–Trinajstić information content (AvgIpc) is 2.60. The van der Waals surface area contributed by atoms with E-state index in [1.807, 2.05) is 12.1 Å². The maximum atomic E-state index is 11.9. The van der Waals surface area contributed by atoms with Crippen molar-refractivity contribution in [3.05, 3.63) is 59.7 Å². The molecule has 5 nitrogen and oxygen atoms in total. The fraction of sp³-hybridized carbons (Fsp3) is 0.391. The summed E-state index contributed by atoms with van der Waals surface area (Å²) >= 11 is 0. The molecule has 0 bridgehead atoms. The van der Waals surface area contributed by atoms with Gasteiger partial charge in [-0.15, -0.1) is 0 Å². The van der Waals surface area contributed by atoms with Gasteiger partial charge in [-0.3, -0.25) is 4.79 Å². The highest BCUT2D eigenvalue weighted by Gasteiger charge is 2.27. The zero-order valence-corrected chi connectivity index (χ0v) is 17.3.